The summed E-state index contributed by atoms with van der Waals surface area (Å²) in [5, 5.41) is 10.9. The second-order valence-corrected chi connectivity index (χ2v) is 8.84. The van der Waals surface area contributed by atoms with E-state index in [4.69, 9.17) is 0 Å². The summed E-state index contributed by atoms with van der Waals surface area (Å²) in [6.45, 7) is 3.16. The lowest BCUT2D eigenvalue weighted by Gasteiger charge is -2.60. The molecule has 4 saturated heterocycles. The first-order valence-corrected chi connectivity index (χ1v) is 9.28. The number of nitrogens with zero attached hydrogens (tertiary/aromatic N) is 4. The summed E-state index contributed by atoms with van der Waals surface area (Å²) in [6, 6.07) is 8.38. The maximum atomic E-state index is 10.9. The van der Waals surface area contributed by atoms with Crippen molar-refractivity contribution in [3.8, 4) is 0 Å². The molecule has 4 aliphatic heterocycles. The highest BCUT2D eigenvalue weighted by molar-refractivity contribution is 7.58. The van der Waals surface area contributed by atoms with Gasteiger partial charge < -0.3 is 10.0 Å². The molecule has 0 aromatic heterocycles. The van der Waals surface area contributed by atoms with Gasteiger partial charge in [0.2, 0.25) is 0 Å². The van der Waals surface area contributed by atoms with E-state index in [9.17, 15) is 5.11 Å². The second kappa shape index (κ2) is 5.18. The molecule has 114 valence electrons. The van der Waals surface area contributed by atoms with Crippen LogP contribution in [-0.4, -0.2) is 72.3 Å². The third-order valence-electron chi connectivity index (χ3n) is 4.71. The van der Waals surface area contributed by atoms with E-state index in [2.05, 4.69) is 43.9 Å². The van der Waals surface area contributed by atoms with Gasteiger partial charge in [0.15, 0.2) is 0 Å². The Bertz CT molecular complexity index is 493. The van der Waals surface area contributed by atoms with Gasteiger partial charge >= 0.3 is 0 Å². The van der Waals surface area contributed by atoms with E-state index in [0.717, 1.165) is 25.6 Å². The molecule has 4 bridgehead atoms. The van der Waals surface area contributed by atoms with Crippen LogP contribution in [0.1, 0.15) is 11.7 Å². The van der Waals surface area contributed by atoms with E-state index in [0.29, 0.717) is 5.78 Å². The fourth-order valence-corrected chi connectivity index (χ4v) is 6.76. The van der Waals surface area contributed by atoms with Crippen molar-refractivity contribution < 1.29 is 5.11 Å². The van der Waals surface area contributed by atoms with Crippen molar-refractivity contribution in [2.45, 2.75) is 11.9 Å². The Kier molecular flexibility index (Phi) is 3.43. The van der Waals surface area contributed by atoms with Crippen molar-refractivity contribution in [2.24, 2.45) is 0 Å². The molecule has 4 heterocycles. The fraction of sp³-hybridized carbons (Fsp3) is 0.600. The Labute approximate surface area is 127 Å². The minimum Gasteiger partial charge on any atom is -0.386 e. The van der Waals surface area contributed by atoms with Gasteiger partial charge in [-0.3, -0.25) is 14.7 Å². The Morgan fingerprint density at radius 3 is 2.24 bits per heavy atom. The third-order valence-corrected chi connectivity index (χ3v) is 7.59. The van der Waals surface area contributed by atoms with Crippen LogP contribution >= 0.6 is 7.92 Å². The Balaban J connectivity index is 1.55. The molecule has 5 rings (SSSR count). The van der Waals surface area contributed by atoms with Gasteiger partial charge in [-0.25, -0.2) is 0 Å². The van der Waals surface area contributed by atoms with Crippen molar-refractivity contribution in [1.82, 2.24) is 14.7 Å². The van der Waals surface area contributed by atoms with E-state index in [1.165, 1.54) is 18.3 Å². The largest absolute Gasteiger partial charge is 0.386 e. The lowest BCUT2D eigenvalue weighted by atomic mass is 10.1. The van der Waals surface area contributed by atoms with Crippen LogP contribution in [0.5, 0.6) is 0 Å². The molecule has 1 N–H and O–H groups in total. The second-order valence-electron chi connectivity index (χ2n) is 6.57. The van der Waals surface area contributed by atoms with Gasteiger partial charge in [-0.15, -0.1) is 0 Å². The number of hydrogen-bond acceptors (Lipinski definition) is 5. The maximum Gasteiger partial charge on any atom is 0.0986 e. The SMILES string of the molecule is CN(C)c1ccc([C@@H](O)[C@H]2N3CN4CN(C3)CP2C4)cc1. The maximum absolute atomic E-state index is 10.9. The fourth-order valence-electron chi connectivity index (χ4n) is 3.77. The monoisotopic (exact) mass is 306 g/mol. The van der Waals surface area contributed by atoms with Gasteiger partial charge in [-0.1, -0.05) is 20.1 Å². The number of rotatable bonds is 3. The van der Waals surface area contributed by atoms with Crippen molar-refractivity contribution in [2.75, 3.05) is 51.6 Å². The van der Waals surface area contributed by atoms with Gasteiger partial charge in [-0.05, 0) is 17.7 Å². The van der Waals surface area contributed by atoms with Crippen molar-refractivity contribution in [1.29, 1.82) is 0 Å². The summed E-state index contributed by atoms with van der Waals surface area (Å²) in [6.07, 6.45) is 2.04. The van der Waals surface area contributed by atoms with Crippen LogP contribution in [0.4, 0.5) is 5.69 Å². The molecule has 1 aromatic rings. The molecule has 0 radical (unpaired) electrons. The predicted octanol–water partition coefficient (Wildman–Crippen LogP) is 1.33. The average molecular weight is 306 g/mol. The Morgan fingerprint density at radius 1 is 1.10 bits per heavy atom. The van der Waals surface area contributed by atoms with Crippen LogP contribution in [0.25, 0.3) is 0 Å². The van der Waals surface area contributed by atoms with E-state index in [1.807, 2.05) is 14.1 Å². The van der Waals surface area contributed by atoms with Gasteiger partial charge in [-0.2, -0.15) is 0 Å². The van der Waals surface area contributed by atoms with Crippen molar-refractivity contribution in [3.63, 3.8) is 0 Å². The summed E-state index contributed by atoms with van der Waals surface area (Å²) >= 11 is 0. The molecule has 0 saturated carbocycles. The molecule has 21 heavy (non-hydrogen) atoms. The summed E-state index contributed by atoms with van der Waals surface area (Å²) in [4.78, 5) is 9.58. The molecule has 5 nitrogen and oxygen atoms in total. The molecule has 4 aliphatic rings. The molecule has 4 atom stereocenters. The minimum absolute atomic E-state index is 0.141. The van der Waals surface area contributed by atoms with Crippen molar-refractivity contribution in [3.05, 3.63) is 29.8 Å². The molecule has 2 unspecified atom stereocenters. The summed E-state index contributed by atoms with van der Waals surface area (Å²) in [7, 11) is 3.94. The van der Waals surface area contributed by atoms with Crippen LogP contribution in [0, 0.1) is 0 Å². The minimum atomic E-state index is -0.352. The Hall–Kier alpha value is -0.710. The zero-order valence-electron chi connectivity index (χ0n) is 12.7. The third kappa shape index (κ3) is 2.37. The van der Waals surface area contributed by atoms with Crippen LogP contribution in [0.2, 0.25) is 0 Å². The average Bonchev–Trinajstić information content (AvgIpc) is 2.46. The highest BCUT2D eigenvalue weighted by Crippen LogP contribution is 2.56. The smallest absolute Gasteiger partial charge is 0.0986 e. The van der Waals surface area contributed by atoms with E-state index in [1.54, 1.807) is 0 Å². The molecule has 4 fully saturated rings. The standard InChI is InChI=1S/C15H23N4OP/c1-16(2)13-5-3-12(4-6-13)14(20)15-19-8-17-7-18(9-19)11-21(15)10-17/h3-6,14-15,20H,7-11H2,1-2H3/t14-,15+/m1/s1. The van der Waals surface area contributed by atoms with Crippen LogP contribution in [-0.2, 0) is 0 Å². The van der Waals surface area contributed by atoms with Gasteiger partial charge in [0.25, 0.3) is 0 Å². The normalized spacial score (nSPS) is 38.5. The lowest BCUT2D eigenvalue weighted by Crippen LogP contribution is -2.66. The van der Waals surface area contributed by atoms with Crippen LogP contribution in [0.15, 0.2) is 24.3 Å². The van der Waals surface area contributed by atoms with Gasteiger partial charge in [0.05, 0.1) is 31.9 Å². The number of benzene rings is 1. The zero-order valence-corrected chi connectivity index (χ0v) is 13.6. The van der Waals surface area contributed by atoms with E-state index in [-0.39, 0.29) is 14.0 Å². The quantitative estimate of drug-likeness (QED) is 0.852. The number of anilines is 1. The van der Waals surface area contributed by atoms with E-state index >= 15 is 0 Å². The number of hydrogen-bond donors (Lipinski definition) is 1. The molecule has 0 spiro atoms. The first-order valence-electron chi connectivity index (χ1n) is 7.50. The summed E-state index contributed by atoms with van der Waals surface area (Å²) in [5.74, 6) is 0.331. The number of aliphatic hydroxyl groups excluding tert-OH is 1. The van der Waals surface area contributed by atoms with Gasteiger partial charge in [0.1, 0.15) is 0 Å². The highest BCUT2D eigenvalue weighted by Gasteiger charge is 2.47. The first kappa shape index (κ1) is 13.9. The number of aliphatic hydroxyl groups is 1. The zero-order chi connectivity index (χ0) is 14.6. The molecular formula is C15H23N4OP. The summed E-state index contributed by atoms with van der Waals surface area (Å²) < 4.78 is 0. The molecular weight excluding hydrogens is 283 g/mol. The lowest BCUT2D eigenvalue weighted by molar-refractivity contribution is -0.0708. The Morgan fingerprint density at radius 2 is 1.71 bits per heavy atom. The van der Waals surface area contributed by atoms with E-state index < -0.39 is 0 Å². The highest BCUT2D eigenvalue weighted by atomic mass is 31.1. The molecule has 0 amide bonds. The van der Waals surface area contributed by atoms with Crippen LogP contribution < -0.4 is 4.90 Å². The molecule has 1 aromatic carbocycles. The molecule has 6 heteroatoms. The first-order chi connectivity index (χ1) is 10.1. The van der Waals surface area contributed by atoms with Gasteiger partial charge in [0, 0.05) is 32.4 Å². The predicted molar refractivity (Wildman–Crippen MR) is 86.3 cm³/mol. The topological polar surface area (TPSA) is 33.2 Å². The molecule has 0 aliphatic carbocycles. The summed E-state index contributed by atoms with van der Waals surface area (Å²) in [5.41, 5.74) is 2.24. The van der Waals surface area contributed by atoms with Crippen LogP contribution in [0.3, 0.4) is 0 Å². The van der Waals surface area contributed by atoms with Crippen molar-refractivity contribution >= 4 is 13.6 Å².